The third kappa shape index (κ3) is 2.36. The third-order valence-corrected chi connectivity index (χ3v) is 3.58. The molecule has 1 nitrogen and oxygen atoms in total. The molecule has 2 N–H and O–H groups in total. The average Bonchev–Trinajstić information content (AvgIpc) is 2.17. The first-order valence-electron chi connectivity index (χ1n) is 5.48. The first-order chi connectivity index (χ1) is 7.58. The molecule has 0 spiro atoms. The van der Waals surface area contributed by atoms with Crippen molar-refractivity contribution in [1.29, 1.82) is 0 Å². The summed E-state index contributed by atoms with van der Waals surface area (Å²) in [7, 11) is 0. The smallest absolute Gasteiger partial charge is 0.160 e. The fraction of sp³-hybridized carbons (Fsp3) is 0.500. The zero-order valence-electron chi connectivity index (χ0n) is 8.85. The Balaban J connectivity index is 2.14. The van der Waals surface area contributed by atoms with Gasteiger partial charge in [-0.05, 0) is 30.0 Å². The standard InChI is InChI=1S/C12H14ClF2N/c13-9-6-11(15)10(14)5-8(9)12(16)4-7-2-1-3-7/h5-7,12H,1-4,16H2. The van der Waals surface area contributed by atoms with Gasteiger partial charge in [-0.15, -0.1) is 0 Å². The van der Waals surface area contributed by atoms with Crippen LogP contribution < -0.4 is 5.73 Å². The second-order valence-corrected chi connectivity index (χ2v) is 4.83. The lowest BCUT2D eigenvalue weighted by molar-refractivity contribution is 0.277. The second kappa shape index (κ2) is 4.68. The number of halogens is 3. The van der Waals surface area contributed by atoms with Crippen molar-refractivity contribution in [3.63, 3.8) is 0 Å². The number of rotatable bonds is 3. The van der Waals surface area contributed by atoms with Crippen LogP contribution in [0.5, 0.6) is 0 Å². The van der Waals surface area contributed by atoms with E-state index in [0.717, 1.165) is 18.6 Å². The zero-order chi connectivity index (χ0) is 11.7. The molecule has 1 atom stereocenters. The van der Waals surface area contributed by atoms with Gasteiger partial charge in [0.05, 0.1) is 0 Å². The van der Waals surface area contributed by atoms with Gasteiger partial charge < -0.3 is 5.73 Å². The highest BCUT2D eigenvalue weighted by atomic mass is 35.5. The van der Waals surface area contributed by atoms with Gasteiger partial charge in [0.1, 0.15) is 0 Å². The van der Waals surface area contributed by atoms with E-state index in [2.05, 4.69) is 0 Å². The van der Waals surface area contributed by atoms with Gasteiger partial charge in [-0.25, -0.2) is 8.78 Å². The lowest BCUT2D eigenvalue weighted by Gasteiger charge is -2.28. The maximum absolute atomic E-state index is 13.1. The summed E-state index contributed by atoms with van der Waals surface area (Å²) in [5, 5.41) is 0.214. The summed E-state index contributed by atoms with van der Waals surface area (Å²) in [4.78, 5) is 0. The molecule has 88 valence electrons. The molecular formula is C12H14ClF2N. The van der Waals surface area contributed by atoms with Crippen LogP contribution in [0, 0.1) is 17.6 Å². The Morgan fingerprint density at radius 1 is 1.31 bits per heavy atom. The molecule has 4 heteroatoms. The minimum absolute atomic E-state index is 0.214. The van der Waals surface area contributed by atoms with Crippen LogP contribution >= 0.6 is 11.6 Å². The van der Waals surface area contributed by atoms with Gasteiger partial charge >= 0.3 is 0 Å². The van der Waals surface area contributed by atoms with Crippen molar-refractivity contribution in [3.05, 3.63) is 34.4 Å². The first kappa shape index (κ1) is 11.8. The number of nitrogens with two attached hydrogens (primary N) is 1. The Morgan fingerprint density at radius 2 is 1.94 bits per heavy atom. The molecule has 1 aromatic carbocycles. The highest BCUT2D eigenvalue weighted by molar-refractivity contribution is 6.31. The summed E-state index contributed by atoms with van der Waals surface area (Å²) in [5.41, 5.74) is 6.46. The molecule has 0 aromatic heterocycles. The van der Waals surface area contributed by atoms with Crippen molar-refractivity contribution in [2.24, 2.45) is 11.7 Å². The van der Waals surface area contributed by atoms with Crippen molar-refractivity contribution in [3.8, 4) is 0 Å². The number of benzene rings is 1. The van der Waals surface area contributed by atoms with Gasteiger partial charge in [-0.2, -0.15) is 0 Å². The van der Waals surface area contributed by atoms with Crippen LogP contribution in [0.4, 0.5) is 8.78 Å². The molecule has 0 heterocycles. The maximum atomic E-state index is 13.1. The Hall–Kier alpha value is -0.670. The molecule has 2 rings (SSSR count). The second-order valence-electron chi connectivity index (χ2n) is 4.43. The van der Waals surface area contributed by atoms with Crippen molar-refractivity contribution >= 4 is 11.6 Å². The monoisotopic (exact) mass is 245 g/mol. The van der Waals surface area contributed by atoms with E-state index in [9.17, 15) is 8.78 Å². The van der Waals surface area contributed by atoms with Crippen LogP contribution in [-0.4, -0.2) is 0 Å². The third-order valence-electron chi connectivity index (χ3n) is 3.25. The van der Waals surface area contributed by atoms with E-state index in [1.54, 1.807) is 0 Å². The van der Waals surface area contributed by atoms with E-state index in [1.807, 2.05) is 0 Å². The van der Waals surface area contributed by atoms with Crippen LogP contribution in [0.25, 0.3) is 0 Å². The Morgan fingerprint density at radius 3 is 2.50 bits per heavy atom. The topological polar surface area (TPSA) is 26.0 Å². The van der Waals surface area contributed by atoms with Crippen LogP contribution in [0.3, 0.4) is 0 Å². The summed E-state index contributed by atoms with van der Waals surface area (Å²) in [5.74, 6) is -1.20. The van der Waals surface area contributed by atoms with Crippen LogP contribution in [0.15, 0.2) is 12.1 Å². The summed E-state index contributed by atoms with van der Waals surface area (Å²) in [6, 6.07) is 1.81. The fourth-order valence-electron chi connectivity index (χ4n) is 2.04. The van der Waals surface area contributed by atoms with E-state index in [0.29, 0.717) is 11.5 Å². The van der Waals surface area contributed by atoms with Crippen molar-refractivity contribution in [1.82, 2.24) is 0 Å². The van der Waals surface area contributed by atoms with Gasteiger partial charge in [0.2, 0.25) is 0 Å². The average molecular weight is 246 g/mol. The molecule has 1 aliphatic carbocycles. The Kier molecular flexibility index (Phi) is 3.45. The molecule has 1 unspecified atom stereocenters. The summed E-state index contributed by atoms with van der Waals surface area (Å²) >= 11 is 5.85. The summed E-state index contributed by atoms with van der Waals surface area (Å²) in [6.07, 6.45) is 4.39. The lowest BCUT2D eigenvalue weighted by atomic mass is 9.80. The lowest BCUT2D eigenvalue weighted by Crippen LogP contribution is -2.20. The largest absolute Gasteiger partial charge is 0.324 e. The Labute approximate surface area is 98.6 Å². The van der Waals surface area contributed by atoms with E-state index in [-0.39, 0.29) is 11.1 Å². The summed E-state index contributed by atoms with van der Waals surface area (Å²) in [6.45, 7) is 0. The van der Waals surface area contributed by atoms with Crippen LogP contribution in [0.2, 0.25) is 5.02 Å². The first-order valence-corrected chi connectivity index (χ1v) is 5.85. The molecule has 16 heavy (non-hydrogen) atoms. The highest BCUT2D eigenvalue weighted by Crippen LogP contribution is 2.35. The van der Waals surface area contributed by atoms with Crippen LogP contribution in [-0.2, 0) is 0 Å². The van der Waals surface area contributed by atoms with E-state index in [1.165, 1.54) is 19.3 Å². The van der Waals surface area contributed by atoms with Crippen molar-refractivity contribution in [2.45, 2.75) is 31.7 Å². The predicted molar refractivity (Wildman–Crippen MR) is 60.3 cm³/mol. The number of hydrogen-bond donors (Lipinski definition) is 1. The molecule has 0 amide bonds. The molecule has 0 radical (unpaired) electrons. The maximum Gasteiger partial charge on any atom is 0.160 e. The van der Waals surface area contributed by atoms with Gasteiger partial charge in [0, 0.05) is 11.1 Å². The fourth-order valence-corrected chi connectivity index (χ4v) is 2.33. The molecule has 0 bridgehead atoms. The van der Waals surface area contributed by atoms with Gasteiger partial charge in [0.15, 0.2) is 11.6 Å². The van der Waals surface area contributed by atoms with E-state index < -0.39 is 11.6 Å². The van der Waals surface area contributed by atoms with Gasteiger partial charge in [-0.1, -0.05) is 30.9 Å². The molecule has 0 saturated heterocycles. The zero-order valence-corrected chi connectivity index (χ0v) is 9.61. The predicted octanol–water partition coefficient (Wildman–Crippen LogP) is 3.81. The molecule has 1 aromatic rings. The van der Waals surface area contributed by atoms with E-state index >= 15 is 0 Å². The van der Waals surface area contributed by atoms with Gasteiger partial charge in [-0.3, -0.25) is 0 Å². The van der Waals surface area contributed by atoms with Crippen molar-refractivity contribution in [2.75, 3.05) is 0 Å². The highest BCUT2D eigenvalue weighted by Gasteiger charge is 2.23. The molecule has 1 aliphatic rings. The molecular weight excluding hydrogens is 232 g/mol. The number of hydrogen-bond acceptors (Lipinski definition) is 1. The molecule has 1 saturated carbocycles. The summed E-state index contributed by atoms with van der Waals surface area (Å²) < 4.78 is 25.9. The van der Waals surface area contributed by atoms with E-state index in [4.69, 9.17) is 17.3 Å². The van der Waals surface area contributed by atoms with Crippen LogP contribution in [0.1, 0.15) is 37.3 Å². The minimum Gasteiger partial charge on any atom is -0.324 e. The normalized spacial score (nSPS) is 18.2. The quantitative estimate of drug-likeness (QED) is 0.806. The Bertz CT molecular complexity index is 391. The molecule has 0 aliphatic heterocycles. The SMILES string of the molecule is NC(CC1CCC1)c1cc(F)c(F)cc1Cl. The van der Waals surface area contributed by atoms with Crippen molar-refractivity contribution < 1.29 is 8.78 Å². The molecule has 1 fully saturated rings. The van der Waals surface area contributed by atoms with Gasteiger partial charge in [0.25, 0.3) is 0 Å². The minimum atomic E-state index is -0.926.